The largest absolute Gasteiger partial charge is 0.455 e. The predicted molar refractivity (Wildman–Crippen MR) is 119 cm³/mol. The summed E-state index contributed by atoms with van der Waals surface area (Å²) in [5.74, 6) is -0.711. The lowest BCUT2D eigenvalue weighted by atomic mass is 9.97. The second-order valence-electron chi connectivity index (χ2n) is 7.40. The highest BCUT2D eigenvalue weighted by molar-refractivity contribution is 7.89. The van der Waals surface area contributed by atoms with Crippen molar-refractivity contribution in [2.24, 2.45) is 5.92 Å². The molecule has 10 nitrogen and oxygen atoms in total. The average molecular weight is 482 g/mol. The molecule has 0 bridgehead atoms. The molecule has 1 aliphatic rings. The summed E-state index contributed by atoms with van der Waals surface area (Å²) < 4.78 is 30.9. The van der Waals surface area contributed by atoms with Crippen molar-refractivity contribution in [2.75, 3.05) is 44.0 Å². The summed E-state index contributed by atoms with van der Waals surface area (Å²) in [6.07, 6.45) is 4.48. The number of sulfonamides is 1. The number of hydrogen-bond acceptors (Lipinski definition) is 8. The molecular formula is C20H24ClN5O5S. The van der Waals surface area contributed by atoms with E-state index >= 15 is 0 Å². The topological polar surface area (TPSA) is 122 Å². The number of rotatable bonds is 7. The Balaban J connectivity index is 1.51. The van der Waals surface area contributed by atoms with Crippen LogP contribution in [0.3, 0.4) is 0 Å². The third-order valence-corrected chi connectivity index (χ3v) is 7.28. The summed E-state index contributed by atoms with van der Waals surface area (Å²) in [6, 6.07) is 5.85. The van der Waals surface area contributed by atoms with Crippen LogP contribution in [0.2, 0.25) is 5.02 Å². The molecule has 2 aromatic rings. The summed E-state index contributed by atoms with van der Waals surface area (Å²) in [7, 11) is -1.01. The van der Waals surface area contributed by atoms with Crippen LogP contribution in [0.4, 0.5) is 11.6 Å². The Morgan fingerprint density at radius 3 is 2.50 bits per heavy atom. The molecule has 0 radical (unpaired) electrons. The van der Waals surface area contributed by atoms with E-state index in [0.29, 0.717) is 31.9 Å². The number of esters is 1. The molecule has 1 saturated heterocycles. The summed E-state index contributed by atoms with van der Waals surface area (Å²) in [4.78, 5) is 34.8. The van der Waals surface area contributed by atoms with Gasteiger partial charge in [0.25, 0.3) is 5.91 Å². The van der Waals surface area contributed by atoms with Gasteiger partial charge in [-0.3, -0.25) is 9.59 Å². The van der Waals surface area contributed by atoms with Gasteiger partial charge < -0.3 is 15.0 Å². The van der Waals surface area contributed by atoms with Crippen molar-refractivity contribution in [1.82, 2.24) is 14.3 Å². The molecule has 12 heteroatoms. The first-order chi connectivity index (χ1) is 15.2. The predicted octanol–water partition coefficient (Wildman–Crippen LogP) is 1.78. The first-order valence-corrected chi connectivity index (χ1v) is 11.7. The van der Waals surface area contributed by atoms with E-state index in [1.165, 1.54) is 32.3 Å². The lowest BCUT2D eigenvalue weighted by molar-refractivity contribution is -0.152. The molecule has 3 rings (SSSR count). The fraction of sp³-hybridized carbons (Fsp3) is 0.400. The number of amides is 1. The molecule has 1 aromatic carbocycles. The number of benzene rings is 1. The molecule has 0 spiro atoms. The van der Waals surface area contributed by atoms with Crippen molar-refractivity contribution < 1.29 is 22.7 Å². The fourth-order valence-corrected chi connectivity index (χ4v) is 4.59. The molecule has 32 heavy (non-hydrogen) atoms. The van der Waals surface area contributed by atoms with Gasteiger partial charge in [-0.05, 0) is 37.1 Å². The molecule has 172 valence electrons. The van der Waals surface area contributed by atoms with E-state index in [-0.39, 0.29) is 21.5 Å². The van der Waals surface area contributed by atoms with Gasteiger partial charge in [0.1, 0.15) is 4.90 Å². The van der Waals surface area contributed by atoms with Gasteiger partial charge in [-0.25, -0.2) is 22.7 Å². The zero-order valence-corrected chi connectivity index (χ0v) is 19.3. The molecule has 1 fully saturated rings. The molecule has 1 N–H and O–H groups in total. The monoisotopic (exact) mass is 481 g/mol. The van der Waals surface area contributed by atoms with Crippen molar-refractivity contribution in [3.63, 3.8) is 0 Å². The van der Waals surface area contributed by atoms with Gasteiger partial charge >= 0.3 is 5.97 Å². The first kappa shape index (κ1) is 23.9. The molecule has 1 aromatic heterocycles. The Hall–Kier alpha value is -2.76. The van der Waals surface area contributed by atoms with Gasteiger partial charge in [-0.1, -0.05) is 11.6 Å². The number of hydrogen-bond donors (Lipinski definition) is 1. The van der Waals surface area contributed by atoms with Crippen LogP contribution in [-0.4, -0.2) is 68.4 Å². The molecule has 0 unspecified atom stereocenters. The number of anilines is 2. The lowest BCUT2D eigenvalue weighted by Gasteiger charge is -2.30. The van der Waals surface area contributed by atoms with Crippen LogP contribution in [0.5, 0.6) is 0 Å². The van der Waals surface area contributed by atoms with Crippen molar-refractivity contribution in [1.29, 1.82) is 0 Å². The summed E-state index contributed by atoms with van der Waals surface area (Å²) in [5.41, 5.74) is 0.229. The average Bonchev–Trinajstić information content (AvgIpc) is 2.79. The van der Waals surface area contributed by atoms with E-state index in [0.717, 1.165) is 4.31 Å². The van der Waals surface area contributed by atoms with Crippen LogP contribution in [0.15, 0.2) is 41.6 Å². The smallest absolute Gasteiger partial charge is 0.309 e. The van der Waals surface area contributed by atoms with Gasteiger partial charge in [0.2, 0.25) is 16.0 Å². The fourth-order valence-electron chi connectivity index (χ4n) is 3.20. The van der Waals surface area contributed by atoms with Crippen LogP contribution in [0.1, 0.15) is 12.8 Å². The number of carbonyl (C=O) groups excluding carboxylic acids is 2. The van der Waals surface area contributed by atoms with E-state index in [9.17, 15) is 18.0 Å². The highest BCUT2D eigenvalue weighted by atomic mass is 35.5. The van der Waals surface area contributed by atoms with Gasteiger partial charge in [0, 0.05) is 45.3 Å². The number of nitrogens with zero attached hydrogens (tertiary/aromatic N) is 4. The zero-order valence-electron chi connectivity index (χ0n) is 17.7. The minimum absolute atomic E-state index is 0.0374. The Kier molecular flexibility index (Phi) is 7.64. The molecule has 1 aliphatic heterocycles. The minimum Gasteiger partial charge on any atom is -0.455 e. The van der Waals surface area contributed by atoms with Crippen molar-refractivity contribution in [3.05, 3.63) is 41.7 Å². The lowest BCUT2D eigenvalue weighted by Crippen LogP contribution is -2.38. The van der Waals surface area contributed by atoms with Gasteiger partial charge in [0.05, 0.1) is 10.9 Å². The maximum Gasteiger partial charge on any atom is 0.309 e. The van der Waals surface area contributed by atoms with E-state index < -0.39 is 28.5 Å². The van der Waals surface area contributed by atoms with E-state index in [2.05, 4.69) is 15.3 Å². The maximum absolute atomic E-state index is 12.3. The minimum atomic E-state index is -3.78. The Morgan fingerprint density at radius 1 is 1.22 bits per heavy atom. The van der Waals surface area contributed by atoms with Crippen LogP contribution in [0, 0.1) is 5.92 Å². The standard InChI is InChI=1S/C20H24ClN5O5S/c1-25(2)32(29,30)17-12-15(4-5-16(17)21)24-18(27)13-31-19(28)14-6-10-26(11-7-14)20-22-8-3-9-23-20/h3-5,8-9,12,14H,6-7,10-11,13H2,1-2H3,(H,24,27). The van der Waals surface area contributed by atoms with Crippen molar-refractivity contribution in [3.8, 4) is 0 Å². The van der Waals surface area contributed by atoms with Gasteiger partial charge in [0.15, 0.2) is 6.61 Å². The SMILES string of the molecule is CN(C)S(=O)(=O)c1cc(NC(=O)COC(=O)C2CCN(c3ncccn3)CC2)ccc1Cl. The number of halogens is 1. The zero-order chi connectivity index (χ0) is 23.3. The number of aromatic nitrogens is 2. The number of carbonyl (C=O) groups is 2. The van der Waals surface area contributed by atoms with Crippen LogP contribution in [0.25, 0.3) is 0 Å². The first-order valence-electron chi connectivity index (χ1n) is 9.89. The third kappa shape index (κ3) is 5.72. The Morgan fingerprint density at radius 2 is 1.88 bits per heavy atom. The van der Waals surface area contributed by atoms with Crippen molar-refractivity contribution in [2.45, 2.75) is 17.7 Å². The van der Waals surface area contributed by atoms with E-state index in [1.807, 2.05) is 4.90 Å². The molecule has 1 amide bonds. The maximum atomic E-state index is 12.3. The molecular weight excluding hydrogens is 458 g/mol. The third-order valence-electron chi connectivity index (χ3n) is 4.98. The molecule has 2 heterocycles. The Bertz CT molecular complexity index is 1070. The molecule has 0 aliphatic carbocycles. The van der Waals surface area contributed by atoms with Crippen molar-refractivity contribution >= 4 is 45.1 Å². The summed E-state index contributed by atoms with van der Waals surface area (Å²) in [5, 5.41) is 2.56. The summed E-state index contributed by atoms with van der Waals surface area (Å²) in [6.45, 7) is 0.757. The van der Waals surface area contributed by atoms with Gasteiger partial charge in [-0.2, -0.15) is 0 Å². The Labute approximate surface area is 191 Å². The number of ether oxygens (including phenoxy) is 1. The van der Waals surface area contributed by atoms with Gasteiger partial charge in [-0.15, -0.1) is 0 Å². The van der Waals surface area contributed by atoms with E-state index in [1.54, 1.807) is 18.5 Å². The second-order valence-corrected chi connectivity index (χ2v) is 9.93. The van der Waals surface area contributed by atoms with E-state index in [4.69, 9.17) is 16.3 Å². The highest BCUT2D eigenvalue weighted by Crippen LogP contribution is 2.27. The molecule has 0 atom stereocenters. The number of nitrogens with one attached hydrogen (secondary N) is 1. The van der Waals surface area contributed by atoms with Crippen LogP contribution in [-0.2, 0) is 24.3 Å². The molecule has 0 saturated carbocycles. The van der Waals surface area contributed by atoms with Crippen LogP contribution < -0.4 is 10.2 Å². The number of piperidine rings is 1. The second kappa shape index (κ2) is 10.2. The highest BCUT2D eigenvalue weighted by Gasteiger charge is 2.28. The van der Waals surface area contributed by atoms with Crippen LogP contribution >= 0.6 is 11.6 Å². The normalized spacial score (nSPS) is 14.9. The quantitative estimate of drug-likeness (QED) is 0.594. The summed E-state index contributed by atoms with van der Waals surface area (Å²) >= 11 is 6.00.